The molecule has 2 atom stereocenters. The quantitative estimate of drug-likeness (QED) is 0.234. The number of carbonyl (C=O) groups excluding carboxylic acids is 1. The fourth-order valence-electron chi connectivity index (χ4n) is 4.27. The number of morpholine rings is 1. The molecule has 210 valence electrons. The third kappa shape index (κ3) is 7.93. The Kier molecular flexibility index (Phi) is 9.63. The SMILES string of the molecule is Cl.O=C(Cc1cc(C(F)(F)F)cc(C(F)(F)F)c1)OC1OCCN(Cc2ccccc2)C1c1ccc(F)cc1. The average Bonchev–Trinajstić information content (AvgIpc) is 2.84. The van der Waals surface area contributed by atoms with Crippen molar-refractivity contribution in [3.63, 3.8) is 0 Å². The van der Waals surface area contributed by atoms with Gasteiger partial charge in [-0.05, 0) is 47.0 Å². The Balaban J connectivity index is 0.00000420. The van der Waals surface area contributed by atoms with Gasteiger partial charge in [0.15, 0.2) is 0 Å². The molecule has 2 unspecified atom stereocenters. The molecule has 0 aliphatic carbocycles. The van der Waals surface area contributed by atoms with Crippen LogP contribution in [0.15, 0.2) is 72.8 Å². The van der Waals surface area contributed by atoms with Crippen molar-refractivity contribution in [2.75, 3.05) is 13.2 Å². The molecule has 1 aliphatic heterocycles. The Labute approximate surface area is 225 Å². The van der Waals surface area contributed by atoms with Gasteiger partial charge in [0.05, 0.1) is 30.2 Å². The molecule has 0 bridgehead atoms. The van der Waals surface area contributed by atoms with Gasteiger partial charge in [-0.3, -0.25) is 9.69 Å². The number of benzene rings is 3. The number of halogens is 8. The molecule has 1 aliphatic rings. The van der Waals surface area contributed by atoms with Gasteiger partial charge >= 0.3 is 18.3 Å². The number of alkyl halides is 6. The van der Waals surface area contributed by atoms with Crippen molar-refractivity contribution in [2.24, 2.45) is 0 Å². The van der Waals surface area contributed by atoms with Gasteiger partial charge in [-0.1, -0.05) is 42.5 Å². The molecule has 0 saturated carbocycles. The van der Waals surface area contributed by atoms with Crippen molar-refractivity contribution in [3.05, 3.63) is 106 Å². The highest BCUT2D eigenvalue weighted by atomic mass is 35.5. The van der Waals surface area contributed by atoms with Crippen LogP contribution in [-0.4, -0.2) is 30.3 Å². The minimum Gasteiger partial charge on any atom is -0.433 e. The van der Waals surface area contributed by atoms with Gasteiger partial charge < -0.3 is 9.47 Å². The van der Waals surface area contributed by atoms with Gasteiger partial charge in [0.25, 0.3) is 0 Å². The van der Waals surface area contributed by atoms with E-state index >= 15 is 0 Å². The molecule has 0 amide bonds. The van der Waals surface area contributed by atoms with E-state index in [9.17, 15) is 35.5 Å². The summed E-state index contributed by atoms with van der Waals surface area (Å²) in [6.45, 7) is 0.987. The normalized spacial score (nSPS) is 18.3. The van der Waals surface area contributed by atoms with Crippen LogP contribution < -0.4 is 0 Å². The maximum absolute atomic E-state index is 13.6. The topological polar surface area (TPSA) is 38.8 Å². The van der Waals surface area contributed by atoms with Crippen LogP contribution in [0.3, 0.4) is 0 Å². The third-order valence-corrected chi connectivity index (χ3v) is 6.00. The van der Waals surface area contributed by atoms with Crippen LogP contribution in [0.4, 0.5) is 30.7 Å². The summed E-state index contributed by atoms with van der Waals surface area (Å²) in [4.78, 5) is 14.7. The lowest BCUT2D eigenvalue weighted by molar-refractivity contribution is -0.214. The van der Waals surface area contributed by atoms with E-state index in [-0.39, 0.29) is 25.1 Å². The standard InChI is InChI=1S/C27H22F7NO3.ClH/c28-22-8-6-19(7-9-22)24-25(37-11-10-35(24)16-17-4-2-1-3-5-17)38-23(36)14-18-12-20(26(29,30)31)15-21(13-18)27(32,33)34;/h1-9,12-13,15,24-25H,10-11,14,16H2;1H. The highest BCUT2D eigenvalue weighted by Gasteiger charge is 2.39. The van der Waals surface area contributed by atoms with Crippen LogP contribution in [0.2, 0.25) is 0 Å². The maximum Gasteiger partial charge on any atom is 0.416 e. The number of hydrogen-bond acceptors (Lipinski definition) is 4. The minimum absolute atomic E-state index is 0. The summed E-state index contributed by atoms with van der Waals surface area (Å²) in [5.41, 5.74) is -2.06. The highest BCUT2D eigenvalue weighted by Crippen LogP contribution is 2.37. The Morgan fingerprint density at radius 3 is 2.03 bits per heavy atom. The van der Waals surface area contributed by atoms with Crippen LogP contribution in [0.25, 0.3) is 0 Å². The van der Waals surface area contributed by atoms with Crippen molar-refractivity contribution >= 4 is 18.4 Å². The smallest absolute Gasteiger partial charge is 0.416 e. The van der Waals surface area contributed by atoms with Gasteiger partial charge in [0, 0.05) is 13.1 Å². The average molecular weight is 578 g/mol. The summed E-state index contributed by atoms with van der Waals surface area (Å²) in [5.74, 6) is -1.56. The van der Waals surface area contributed by atoms with Crippen LogP contribution in [0.1, 0.15) is 33.9 Å². The molecule has 3 aromatic rings. The number of carbonyl (C=O) groups is 1. The fraction of sp³-hybridized carbons (Fsp3) is 0.296. The Bertz CT molecular complexity index is 1220. The summed E-state index contributed by atoms with van der Waals surface area (Å²) in [7, 11) is 0. The molecular weight excluding hydrogens is 555 g/mol. The van der Waals surface area contributed by atoms with Gasteiger partial charge in [-0.2, -0.15) is 26.3 Å². The summed E-state index contributed by atoms with van der Waals surface area (Å²) < 4.78 is 104. The second-order valence-electron chi connectivity index (χ2n) is 8.77. The van der Waals surface area contributed by atoms with E-state index in [4.69, 9.17) is 9.47 Å². The van der Waals surface area contributed by atoms with Gasteiger partial charge in [0.1, 0.15) is 5.82 Å². The van der Waals surface area contributed by atoms with Crippen LogP contribution >= 0.6 is 12.4 Å². The summed E-state index contributed by atoms with van der Waals surface area (Å²) in [6, 6.07) is 15.0. The molecule has 3 aromatic carbocycles. The molecule has 0 aromatic heterocycles. The third-order valence-electron chi connectivity index (χ3n) is 6.00. The van der Waals surface area contributed by atoms with Crippen LogP contribution in [-0.2, 0) is 39.6 Å². The van der Waals surface area contributed by atoms with Crippen molar-refractivity contribution in [1.29, 1.82) is 0 Å². The summed E-state index contributed by atoms with van der Waals surface area (Å²) in [5, 5.41) is 0. The van der Waals surface area contributed by atoms with Crippen LogP contribution in [0, 0.1) is 5.82 Å². The Morgan fingerprint density at radius 2 is 1.46 bits per heavy atom. The first-order valence-electron chi connectivity index (χ1n) is 11.5. The zero-order valence-corrected chi connectivity index (χ0v) is 21.0. The number of ether oxygens (including phenoxy) is 2. The molecule has 39 heavy (non-hydrogen) atoms. The first-order chi connectivity index (χ1) is 17.9. The van der Waals surface area contributed by atoms with E-state index in [1.165, 1.54) is 24.3 Å². The molecule has 12 heteroatoms. The van der Waals surface area contributed by atoms with E-state index in [0.29, 0.717) is 30.8 Å². The molecule has 0 spiro atoms. The molecular formula is C27H23ClF7NO3. The van der Waals surface area contributed by atoms with E-state index < -0.39 is 59.6 Å². The molecule has 0 N–H and O–H groups in total. The summed E-state index contributed by atoms with van der Waals surface area (Å²) in [6.07, 6.45) is -12.2. The Morgan fingerprint density at radius 1 is 0.872 bits per heavy atom. The van der Waals surface area contributed by atoms with E-state index in [2.05, 4.69) is 0 Å². The van der Waals surface area contributed by atoms with Crippen LogP contribution in [0.5, 0.6) is 0 Å². The van der Waals surface area contributed by atoms with Gasteiger partial charge in [-0.15, -0.1) is 12.4 Å². The second kappa shape index (κ2) is 12.4. The van der Waals surface area contributed by atoms with Crippen molar-refractivity contribution in [2.45, 2.75) is 37.7 Å². The molecule has 1 fully saturated rings. The lowest BCUT2D eigenvalue weighted by Crippen LogP contribution is -2.46. The number of rotatable bonds is 6. The van der Waals surface area contributed by atoms with E-state index in [1.54, 1.807) is 0 Å². The van der Waals surface area contributed by atoms with E-state index in [0.717, 1.165) is 5.56 Å². The fourth-order valence-corrected chi connectivity index (χ4v) is 4.27. The first-order valence-corrected chi connectivity index (χ1v) is 11.5. The van der Waals surface area contributed by atoms with E-state index in [1.807, 2.05) is 35.2 Å². The second-order valence-corrected chi connectivity index (χ2v) is 8.77. The first kappa shape index (κ1) is 30.4. The predicted molar refractivity (Wildman–Crippen MR) is 129 cm³/mol. The van der Waals surface area contributed by atoms with Crippen molar-refractivity contribution in [3.8, 4) is 0 Å². The zero-order chi connectivity index (χ0) is 27.5. The molecule has 1 heterocycles. The molecule has 4 rings (SSSR count). The maximum atomic E-state index is 13.6. The Hall–Kier alpha value is -3.15. The number of hydrogen-bond donors (Lipinski definition) is 0. The summed E-state index contributed by atoms with van der Waals surface area (Å²) >= 11 is 0. The van der Waals surface area contributed by atoms with Crippen molar-refractivity contribution in [1.82, 2.24) is 4.90 Å². The predicted octanol–water partition coefficient (Wildman–Crippen LogP) is 6.97. The van der Waals surface area contributed by atoms with Gasteiger partial charge in [-0.25, -0.2) is 4.39 Å². The highest BCUT2D eigenvalue weighted by molar-refractivity contribution is 5.85. The molecule has 0 radical (unpaired) electrons. The minimum atomic E-state index is -5.04. The number of esters is 1. The van der Waals surface area contributed by atoms with Gasteiger partial charge in [0.2, 0.25) is 6.29 Å². The van der Waals surface area contributed by atoms with Crippen molar-refractivity contribution < 1.29 is 45.0 Å². The number of nitrogens with zero attached hydrogens (tertiary/aromatic N) is 1. The molecule has 1 saturated heterocycles. The largest absolute Gasteiger partial charge is 0.433 e. The lowest BCUT2D eigenvalue weighted by Gasteiger charge is -2.40. The molecule has 4 nitrogen and oxygen atoms in total. The monoisotopic (exact) mass is 577 g/mol. The zero-order valence-electron chi connectivity index (χ0n) is 20.1. The lowest BCUT2D eigenvalue weighted by atomic mass is 10.0.